The lowest BCUT2D eigenvalue weighted by Gasteiger charge is -2.38. The number of rotatable bonds is 14. The monoisotopic (exact) mass is 1310 g/mol. The van der Waals surface area contributed by atoms with E-state index < -0.39 is 126 Å². The molecular formula is C62H87N19O13. The average Bonchev–Trinajstić information content (AvgIpc) is 1.67. The Morgan fingerprint density at radius 1 is 0.287 bits per heavy atom. The van der Waals surface area contributed by atoms with Gasteiger partial charge in [0, 0.05) is 95.3 Å². The number of hydrogen-bond donors (Lipinski definition) is 1. The highest BCUT2D eigenvalue weighted by molar-refractivity contribution is 6.01. The van der Waals surface area contributed by atoms with Crippen molar-refractivity contribution in [2.24, 2.45) is 16.0 Å². The van der Waals surface area contributed by atoms with Gasteiger partial charge in [0.2, 0.25) is 76.8 Å². The van der Waals surface area contributed by atoms with Gasteiger partial charge in [-0.15, -0.1) is 0 Å². The number of nitrogens with two attached hydrogens (primary N) is 1. The van der Waals surface area contributed by atoms with E-state index in [1.807, 2.05) is 0 Å². The van der Waals surface area contributed by atoms with Crippen LogP contribution in [0.15, 0.2) is 10.2 Å². The maximum atomic E-state index is 14.9. The molecule has 0 aromatic carbocycles. The van der Waals surface area contributed by atoms with Crippen molar-refractivity contribution in [1.82, 2.24) is 58.8 Å². The molecule has 2 N–H and O–H groups in total. The summed E-state index contributed by atoms with van der Waals surface area (Å²) in [5.74, 6) is -5.46. The minimum absolute atomic E-state index is 0.00838. The number of amides is 13. The van der Waals surface area contributed by atoms with Gasteiger partial charge in [0.15, 0.2) is 0 Å². The van der Waals surface area contributed by atoms with Crippen molar-refractivity contribution in [2.75, 3.05) is 78.5 Å². The van der Waals surface area contributed by atoms with E-state index in [0.29, 0.717) is 129 Å². The first-order valence-corrected chi connectivity index (χ1v) is 34.3. The van der Waals surface area contributed by atoms with Gasteiger partial charge in [-0.25, -0.2) is 0 Å². The van der Waals surface area contributed by atoms with Crippen LogP contribution in [-0.2, 0) is 62.3 Å². The van der Waals surface area contributed by atoms with Crippen LogP contribution in [0, 0.1) is 0 Å². The third kappa shape index (κ3) is 12.1. The Morgan fingerprint density at radius 3 is 0.681 bits per heavy atom. The molecule has 0 radical (unpaired) electrons. The second kappa shape index (κ2) is 27.6. The smallest absolute Gasteiger partial charge is 0.246 e. The largest absolute Gasteiger partial charge is 0.368 e. The van der Waals surface area contributed by atoms with Gasteiger partial charge in [-0.1, -0.05) is 10.2 Å². The van der Waals surface area contributed by atoms with E-state index in [1.54, 1.807) is 4.90 Å². The van der Waals surface area contributed by atoms with Gasteiger partial charge < -0.3 is 64.5 Å². The summed E-state index contributed by atoms with van der Waals surface area (Å²) >= 11 is 0. The van der Waals surface area contributed by atoms with Crippen LogP contribution < -0.4 is 5.73 Å². The molecule has 12 rings (SSSR count). The van der Waals surface area contributed by atoms with Crippen LogP contribution in [0.5, 0.6) is 0 Å². The normalized spacial score (nSPS) is 32.5. The molecule has 508 valence electrons. The van der Waals surface area contributed by atoms with Crippen LogP contribution in [0.25, 0.3) is 20.9 Å². The van der Waals surface area contributed by atoms with Crippen LogP contribution in [0.2, 0.25) is 0 Å². The van der Waals surface area contributed by atoms with E-state index in [-0.39, 0.29) is 127 Å². The molecule has 12 heterocycles. The fraction of sp³-hybridized carbons (Fsp3) is 0.790. The number of nitrogens with zero attached hydrogens (tertiary/aromatic N) is 18. The molecular weight excluding hydrogens is 1220 g/mol. The molecule has 0 aliphatic carbocycles. The molecule has 14 atom stereocenters. The van der Waals surface area contributed by atoms with E-state index in [2.05, 4.69) is 20.1 Å². The van der Waals surface area contributed by atoms with E-state index >= 15 is 0 Å². The Labute approximate surface area is 544 Å². The number of azide groups is 2. The van der Waals surface area contributed by atoms with Crippen LogP contribution in [0.1, 0.15) is 148 Å². The molecule has 0 unspecified atom stereocenters. The van der Waals surface area contributed by atoms with Crippen molar-refractivity contribution < 1.29 is 62.3 Å². The van der Waals surface area contributed by atoms with Crippen LogP contribution in [0.3, 0.4) is 0 Å². The van der Waals surface area contributed by atoms with Crippen LogP contribution in [0.4, 0.5) is 0 Å². The molecule has 0 bridgehead atoms. The molecule has 0 aromatic rings. The molecule has 12 fully saturated rings. The number of carbonyl (C=O) groups is 13. The van der Waals surface area contributed by atoms with Crippen molar-refractivity contribution in [1.29, 1.82) is 0 Å². The summed E-state index contributed by atoms with van der Waals surface area (Å²) in [6, 6.07) is -12.3. The van der Waals surface area contributed by atoms with Gasteiger partial charge in [0.1, 0.15) is 72.5 Å². The molecule has 0 saturated carbocycles. The second-order valence-electron chi connectivity index (χ2n) is 27.7. The van der Waals surface area contributed by atoms with E-state index in [9.17, 15) is 67.9 Å². The topological polar surface area (TPSA) is 384 Å². The maximum absolute atomic E-state index is 14.9. The zero-order valence-corrected chi connectivity index (χ0v) is 53.6. The van der Waals surface area contributed by atoms with Gasteiger partial charge in [0.25, 0.3) is 0 Å². The third-order valence-electron chi connectivity index (χ3n) is 22.5. The Hall–Kier alpha value is -8.27. The van der Waals surface area contributed by atoms with Crippen LogP contribution in [-0.4, -0.2) is 299 Å². The zero-order chi connectivity index (χ0) is 66.4. The van der Waals surface area contributed by atoms with Gasteiger partial charge >= 0.3 is 0 Å². The third-order valence-corrected chi connectivity index (χ3v) is 22.5. The molecule has 13 amide bonds. The first-order valence-electron chi connectivity index (χ1n) is 34.3. The van der Waals surface area contributed by atoms with Crippen LogP contribution >= 0.6 is 0 Å². The Kier molecular flexibility index (Phi) is 19.3. The van der Waals surface area contributed by atoms with E-state index in [0.717, 1.165) is 0 Å². The minimum Gasteiger partial charge on any atom is -0.368 e. The van der Waals surface area contributed by atoms with Gasteiger partial charge in [0.05, 0.1) is 12.1 Å². The zero-order valence-electron chi connectivity index (χ0n) is 53.6. The summed E-state index contributed by atoms with van der Waals surface area (Å²) in [4.78, 5) is 210. The fourth-order valence-electron chi connectivity index (χ4n) is 18.0. The van der Waals surface area contributed by atoms with Crippen molar-refractivity contribution in [3.63, 3.8) is 0 Å². The van der Waals surface area contributed by atoms with Crippen molar-refractivity contribution in [3.8, 4) is 0 Å². The predicted molar refractivity (Wildman–Crippen MR) is 328 cm³/mol. The quantitative estimate of drug-likeness (QED) is 0.136. The molecule has 12 aliphatic heterocycles. The van der Waals surface area contributed by atoms with E-state index in [4.69, 9.17) is 11.3 Å². The Bertz CT molecular complexity index is 3210. The molecule has 12 saturated heterocycles. The SMILES string of the molecule is CC(=O)N1C[C@H](N=[N+]=[N-])C[C@H]1C(=O)N1CCC[C@H]1C(=O)N1CCC[C@H]1C(=O)N1CCC[C@H]1C(=O)N1CCC[C@H]1C(=O)N1CCC[C@H]1C(=O)N1CCC[C@H]1C(=O)N1CCC[C@H]1C(=O)N1CCC[C@H]1C(=O)N1C[C@H](N=[N+]=[N-])C[C@H]1C(=O)N1CCC[C@H]1C(=O)N1CCC[C@H]1C(N)=O. The summed E-state index contributed by atoms with van der Waals surface area (Å²) in [6.45, 7) is 3.95. The predicted octanol–water partition coefficient (Wildman–Crippen LogP) is -0.0388. The fourth-order valence-corrected chi connectivity index (χ4v) is 18.0. The lowest BCUT2D eigenvalue weighted by atomic mass is 10.1. The number of primary amides is 1. The van der Waals surface area contributed by atoms with Gasteiger partial charge in [-0.3, -0.25) is 62.3 Å². The molecule has 32 nitrogen and oxygen atoms in total. The molecule has 94 heavy (non-hydrogen) atoms. The molecule has 32 heteroatoms. The number of hydrogen-bond acceptors (Lipinski definition) is 15. The van der Waals surface area contributed by atoms with E-state index in [1.165, 1.54) is 60.8 Å². The Balaban J connectivity index is 0.671. The molecule has 0 spiro atoms. The van der Waals surface area contributed by atoms with Gasteiger partial charge in [-0.05, 0) is 152 Å². The van der Waals surface area contributed by atoms with Crippen molar-refractivity contribution in [2.45, 2.75) is 233 Å². The van der Waals surface area contributed by atoms with Crippen molar-refractivity contribution >= 4 is 76.8 Å². The lowest BCUT2D eigenvalue weighted by molar-refractivity contribution is -0.156. The highest BCUT2D eigenvalue weighted by Gasteiger charge is 2.55. The minimum atomic E-state index is -1.09. The number of carbonyl (C=O) groups excluding carboxylic acids is 13. The number of likely N-dealkylation sites (tertiary alicyclic amines) is 12. The van der Waals surface area contributed by atoms with Gasteiger partial charge in [-0.2, -0.15) is 0 Å². The highest BCUT2D eigenvalue weighted by Crippen LogP contribution is 2.37. The summed E-state index contributed by atoms with van der Waals surface area (Å²) in [6.07, 6.45) is 8.77. The maximum Gasteiger partial charge on any atom is 0.246 e. The average molecular weight is 1310 g/mol. The highest BCUT2D eigenvalue weighted by atomic mass is 16.2. The standard InChI is InChI=1S/C62H87N19O13/c1-36(82)80-34-37(66-68-64)32-49(80)61(93)78-30-10-20-47(78)59(91)76-28-7-18-45(76)57(89)74-26-5-16-43(74)55(87)72-24-3-14-41(72)53(85)71-23-4-15-42(71)54(86)73-25-6-17-44(73)56(88)75-27-8-19-46(75)58(90)77-29-11-21-48(77)60(92)81-35-38(67-69-65)33-50(81)62(94)79-31-9-13-40(79)52(84)70-22-2-12-39(70)51(63)83/h37-50H,2-35H2,1H3,(H2,63,83)/t37-,38-,39+,40+,41+,42+,43+,44+,45+,46+,47+,48+,49+,50+/m1/s1. The summed E-state index contributed by atoms with van der Waals surface area (Å²) in [5, 5.41) is 7.64. The molecule has 12 aliphatic rings. The first-order chi connectivity index (χ1) is 45.3. The summed E-state index contributed by atoms with van der Waals surface area (Å²) in [5.41, 5.74) is 24.2. The first kappa shape index (κ1) is 65.8. The second-order valence-corrected chi connectivity index (χ2v) is 27.7. The summed E-state index contributed by atoms with van der Waals surface area (Å²) < 4.78 is 0. The van der Waals surface area contributed by atoms with Crippen molar-refractivity contribution in [3.05, 3.63) is 20.9 Å². The summed E-state index contributed by atoms with van der Waals surface area (Å²) in [7, 11) is 0. The Morgan fingerprint density at radius 2 is 0.468 bits per heavy atom. The lowest BCUT2D eigenvalue weighted by Crippen LogP contribution is -2.59. The molecule has 0 aromatic heterocycles.